The molecule has 3 saturated heterocycles. The maximum absolute atomic E-state index is 13.1. The highest BCUT2D eigenvalue weighted by atomic mass is 16.5. The zero-order valence-electron chi connectivity index (χ0n) is 16.2. The zero-order valence-corrected chi connectivity index (χ0v) is 16.2. The van der Waals surface area contributed by atoms with Crippen LogP contribution >= 0.6 is 0 Å². The Balaban J connectivity index is 1.39. The quantitative estimate of drug-likeness (QED) is 0.800. The Morgan fingerprint density at radius 2 is 1.82 bits per heavy atom. The molecule has 148 valence electrons. The molecular weight excluding hydrogens is 354 g/mol. The molecule has 1 aromatic rings. The first-order valence-corrected chi connectivity index (χ1v) is 10.2. The van der Waals surface area contributed by atoms with E-state index in [2.05, 4.69) is 18.2 Å². The van der Waals surface area contributed by atoms with Crippen molar-refractivity contribution >= 4 is 11.8 Å². The summed E-state index contributed by atoms with van der Waals surface area (Å²) in [5.74, 6) is 0.0717. The molecule has 3 heterocycles. The number of carbonyl (C=O) groups excluding carboxylic acids is 2. The molecule has 6 nitrogen and oxygen atoms in total. The Morgan fingerprint density at radius 1 is 1.11 bits per heavy atom. The zero-order chi connectivity index (χ0) is 19.6. The summed E-state index contributed by atoms with van der Waals surface area (Å²) in [6.45, 7) is 3.40. The van der Waals surface area contributed by atoms with Crippen LogP contribution in [0.25, 0.3) is 0 Å². The lowest BCUT2D eigenvalue weighted by Gasteiger charge is -2.33. The van der Waals surface area contributed by atoms with E-state index in [-0.39, 0.29) is 11.8 Å². The molecule has 3 aliphatic heterocycles. The molecule has 6 heteroatoms. The molecule has 1 aromatic carbocycles. The molecule has 1 atom stereocenters. The number of hydrogen-bond donors (Lipinski definition) is 0. The monoisotopic (exact) mass is 381 g/mol. The van der Waals surface area contributed by atoms with Crippen LogP contribution in [0.15, 0.2) is 30.3 Å². The van der Waals surface area contributed by atoms with Crippen LogP contribution in [0.1, 0.15) is 31.2 Å². The number of hydrogen-bond acceptors (Lipinski definition) is 4. The maximum Gasteiger partial charge on any atom is 0.243 e. The van der Waals surface area contributed by atoms with Crippen molar-refractivity contribution in [3.05, 3.63) is 35.9 Å². The summed E-state index contributed by atoms with van der Waals surface area (Å²) in [5, 5.41) is 9.67. The van der Waals surface area contributed by atoms with Gasteiger partial charge in [-0.25, -0.2) is 0 Å². The Kier molecular flexibility index (Phi) is 5.11. The summed E-state index contributed by atoms with van der Waals surface area (Å²) >= 11 is 0. The lowest BCUT2D eigenvalue weighted by atomic mass is 9.80. The molecule has 0 N–H and O–H groups in total. The Hall–Kier alpha value is -2.39. The van der Waals surface area contributed by atoms with Crippen molar-refractivity contribution < 1.29 is 14.3 Å². The normalized spacial score (nSPS) is 26.6. The van der Waals surface area contributed by atoms with Crippen LogP contribution in [-0.4, -0.2) is 61.0 Å². The summed E-state index contributed by atoms with van der Waals surface area (Å²) in [7, 11) is 0. The number of nitriles is 1. The first-order chi connectivity index (χ1) is 13.6. The van der Waals surface area contributed by atoms with Gasteiger partial charge in [0.1, 0.15) is 5.41 Å². The van der Waals surface area contributed by atoms with Gasteiger partial charge >= 0.3 is 0 Å². The number of ether oxygens (including phenoxy) is 1. The predicted octanol–water partition coefficient (Wildman–Crippen LogP) is 2.00. The molecule has 0 radical (unpaired) electrons. The minimum atomic E-state index is -0.974. The van der Waals surface area contributed by atoms with Gasteiger partial charge in [0, 0.05) is 39.4 Å². The van der Waals surface area contributed by atoms with Gasteiger partial charge < -0.3 is 14.5 Å². The fourth-order valence-electron chi connectivity index (χ4n) is 4.84. The second kappa shape index (κ2) is 7.56. The molecule has 28 heavy (non-hydrogen) atoms. The van der Waals surface area contributed by atoms with E-state index in [9.17, 15) is 14.9 Å². The standard InChI is InChI=1S/C22H27N3O3/c23-16-21(9-14-28-15-10-21)19(26)25-13-8-22(17-25)7-12-24(20(22)27)11-6-18-4-2-1-3-5-18/h1-5H,6-15,17H2. The molecule has 1 spiro atoms. The molecule has 1 unspecified atom stereocenters. The van der Waals surface area contributed by atoms with Gasteiger partial charge in [0.25, 0.3) is 0 Å². The molecule has 0 bridgehead atoms. The van der Waals surface area contributed by atoms with Gasteiger partial charge in [-0.05, 0) is 37.7 Å². The molecule has 0 saturated carbocycles. The minimum Gasteiger partial charge on any atom is -0.381 e. The van der Waals surface area contributed by atoms with Crippen LogP contribution in [0.5, 0.6) is 0 Å². The molecule has 3 fully saturated rings. The lowest BCUT2D eigenvalue weighted by molar-refractivity contribution is -0.143. The highest BCUT2D eigenvalue weighted by molar-refractivity contribution is 5.89. The summed E-state index contributed by atoms with van der Waals surface area (Å²) in [5.41, 5.74) is -0.193. The third kappa shape index (κ3) is 3.29. The summed E-state index contributed by atoms with van der Waals surface area (Å²) < 4.78 is 5.34. The second-order valence-corrected chi connectivity index (χ2v) is 8.34. The van der Waals surface area contributed by atoms with E-state index in [0.717, 1.165) is 25.9 Å². The number of rotatable bonds is 4. The minimum absolute atomic E-state index is 0.106. The van der Waals surface area contributed by atoms with E-state index >= 15 is 0 Å². The van der Waals surface area contributed by atoms with E-state index in [1.807, 2.05) is 23.1 Å². The van der Waals surface area contributed by atoms with Gasteiger partial charge in [-0.15, -0.1) is 0 Å². The summed E-state index contributed by atoms with van der Waals surface area (Å²) in [6.07, 6.45) is 3.25. The predicted molar refractivity (Wildman–Crippen MR) is 103 cm³/mol. The van der Waals surface area contributed by atoms with Crippen LogP contribution < -0.4 is 0 Å². The van der Waals surface area contributed by atoms with Crippen LogP contribution in [0, 0.1) is 22.2 Å². The lowest BCUT2D eigenvalue weighted by Crippen LogP contribution is -2.46. The van der Waals surface area contributed by atoms with Gasteiger partial charge in [0.15, 0.2) is 0 Å². The number of nitrogens with zero attached hydrogens (tertiary/aromatic N) is 3. The van der Waals surface area contributed by atoms with Crippen molar-refractivity contribution in [3.63, 3.8) is 0 Å². The van der Waals surface area contributed by atoms with Crippen molar-refractivity contribution in [2.24, 2.45) is 10.8 Å². The smallest absolute Gasteiger partial charge is 0.243 e. The molecule has 0 aromatic heterocycles. The topological polar surface area (TPSA) is 73.6 Å². The SMILES string of the molecule is N#CC1(C(=O)N2CCC3(CCN(CCc4ccccc4)C3=O)C2)CCOCC1. The van der Waals surface area contributed by atoms with Crippen molar-refractivity contribution in [1.82, 2.24) is 9.80 Å². The van der Waals surface area contributed by atoms with Gasteiger partial charge in [-0.2, -0.15) is 5.26 Å². The summed E-state index contributed by atoms with van der Waals surface area (Å²) in [4.78, 5) is 30.0. The van der Waals surface area contributed by atoms with Crippen LogP contribution in [0.3, 0.4) is 0 Å². The maximum atomic E-state index is 13.1. The van der Waals surface area contributed by atoms with Crippen molar-refractivity contribution in [1.29, 1.82) is 5.26 Å². The van der Waals surface area contributed by atoms with E-state index in [1.54, 1.807) is 4.90 Å². The van der Waals surface area contributed by atoms with Crippen molar-refractivity contribution in [3.8, 4) is 6.07 Å². The fraction of sp³-hybridized carbons (Fsp3) is 0.591. The Morgan fingerprint density at radius 3 is 2.54 bits per heavy atom. The average Bonchev–Trinajstić information content (AvgIpc) is 3.32. The van der Waals surface area contributed by atoms with Crippen LogP contribution in [-0.2, 0) is 20.7 Å². The second-order valence-electron chi connectivity index (χ2n) is 8.34. The first-order valence-electron chi connectivity index (χ1n) is 10.2. The number of amides is 2. The number of likely N-dealkylation sites (tertiary alicyclic amines) is 2. The van der Waals surface area contributed by atoms with Crippen molar-refractivity contribution in [2.45, 2.75) is 32.1 Å². The van der Waals surface area contributed by atoms with Crippen LogP contribution in [0.2, 0.25) is 0 Å². The van der Waals surface area contributed by atoms with E-state index in [0.29, 0.717) is 45.6 Å². The highest BCUT2D eigenvalue weighted by Crippen LogP contribution is 2.43. The van der Waals surface area contributed by atoms with E-state index in [4.69, 9.17) is 4.74 Å². The van der Waals surface area contributed by atoms with E-state index < -0.39 is 10.8 Å². The molecule has 2 amide bonds. The van der Waals surface area contributed by atoms with E-state index in [1.165, 1.54) is 5.56 Å². The van der Waals surface area contributed by atoms with Gasteiger partial charge in [-0.1, -0.05) is 30.3 Å². The third-order valence-electron chi connectivity index (χ3n) is 6.73. The molecule has 4 rings (SSSR count). The van der Waals surface area contributed by atoms with Gasteiger partial charge in [0.05, 0.1) is 11.5 Å². The summed E-state index contributed by atoms with van der Waals surface area (Å²) in [6, 6.07) is 12.5. The first kappa shape index (κ1) is 18.9. The van der Waals surface area contributed by atoms with Gasteiger partial charge in [-0.3, -0.25) is 9.59 Å². The van der Waals surface area contributed by atoms with Crippen LogP contribution in [0.4, 0.5) is 0 Å². The Bertz CT molecular complexity index is 782. The molecular formula is C22H27N3O3. The average molecular weight is 381 g/mol. The molecule has 0 aliphatic carbocycles. The number of benzene rings is 1. The van der Waals surface area contributed by atoms with Crippen molar-refractivity contribution in [2.75, 3.05) is 39.4 Å². The highest BCUT2D eigenvalue weighted by Gasteiger charge is 2.54. The largest absolute Gasteiger partial charge is 0.381 e. The number of carbonyl (C=O) groups is 2. The molecule has 3 aliphatic rings. The van der Waals surface area contributed by atoms with Gasteiger partial charge in [0.2, 0.25) is 11.8 Å². The third-order valence-corrected chi connectivity index (χ3v) is 6.73. The Labute approximate surface area is 166 Å². The fourth-order valence-corrected chi connectivity index (χ4v) is 4.84.